The molecule has 5 heteroatoms. The van der Waals surface area contributed by atoms with E-state index in [0.29, 0.717) is 12.5 Å². The zero-order valence-electron chi connectivity index (χ0n) is 17.4. The van der Waals surface area contributed by atoms with Gasteiger partial charge in [-0.15, -0.1) is 11.3 Å². The molecule has 156 valence electrons. The second-order valence-electron chi connectivity index (χ2n) is 8.22. The lowest BCUT2D eigenvalue weighted by molar-refractivity contribution is 0.0598. The van der Waals surface area contributed by atoms with E-state index in [9.17, 15) is 4.79 Å². The van der Waals surface area contributed by atoms with E-state index in [4.69, 9.17) is 0 Å². The number of hydrogen-bond acceptors (Lipinski definition) is 4. The molecule has 4 aromatic rings. The fourth-order valence-corrected chi connectivity index (χ4v) is 5.38. The van der Waals surface area contributed by atoms with Crippen molar-refractivity contribution in [2.75, 3.05) is 0 Å². The minimum Gasteiger partial charge on any atom is -0.330 e. The van der Waals surface area contributed by atoms with Crippen LogP contribution in [0.4, 0.5) is 0 Å². The third-order valence-electron chi connectivity index (χ3n) is 6.26. The number of amides is 1. The largest absolute Gasteiger partial charge is 0.330 e. The van der Waals surface area contributed by atoms with Crippen LogP contribution in [0.5, 0.6) is 0 Å². The van der Waals surface area contributed by atoms with Crippen molar-refractivity contribution >= 4 is 27.5 Å². The van der Waals surface area contributed by atoms with E-state index in [2.05, 4.69) is 45.2 Å². The SMILES string of the molecule is O=C(c1ccc2ncsc2c1)N(Cc1ccccn1)C1CCCC(c2ccccc2)C1. The molecular formula is C26H25N3OS. The lowest BCUT2D eigenvalue weighted by atomic mass is 9.80. The van der Waals surface area contributed by atoms with Gasteiger partial charge >= 0.3 is 0 Å². The fourth-order valence-electron chi connectivity index (χ4n) is 4.66. The minimum atomic E-state index is 0.0830. The Morgan fingerprint density at radius 3 is 2.71 bits per heavy atom. The van der Waals surface area contributed by atoms with Crippen molar-refractivity contribution in [1.82, 2.24) is 14.9 Å². The number of benzene rings is 2. The van der Waals surface area contributed by atoms with Crippen LogP contribution in [0.1, 0.15) is 53.2 Å². The average Bonchev–Trinajstić information content (AvgIpc) is 3.31. The van der Waals surface area contributed by atoms with Gasteiger partial charge in [-0.2, -0.15) is 0 Å². The third kappa shape index (κ3) is 4.37. The number of aromatic nitrogens is 2. The van der Waals surface area contributed by atoms with Crippen LogP contribution in [0.25, 0.3) is 10.2 Å². The summed E-state index contributed by atoms with van der Waals surface area (Å²) >= 11 is 1.57. The quantitative estimate of drug-likeness (QED) is 0.389. The zero-order valence-corrected chi connectivity index (χ0v) is 18.2. The maximum Gasteiger partial charge on any atom is 0.254 e. The Morgan fingerprint density at radius 1 is 1.00 bits per heavy atom. The molecule has 0 N–H and O–H groups in total. The zero-order chi connectivity index (χ0) is 21.0. The van der Waals surface area contributed by atoms with Gasteiger partial charge in [0, 0.05) is 17.8 Å². The molecule has 2 unspecified atom stereocenters. The summed E-state index contributed by atoms with van der Waals surface area (Å²) in [4.78, 5) is 24.6. The number of carbonyl (C=O) groups excluding carboxylic acids is 1. The van der Waals surface area contributed by atoms with Crippen LogP contribution < -0.4 is 0 Å². The summed E-state index contributed by atoms with van der Waals surface area (Å²) in [5.74, 6) is 0.572. The van der Waals surface area contributed by atoms with Crippen LogP contribution in [0.15, 0.2) is 78.4 Å². The van der Waals surface area contributed by atoms with E-state index < -0.39 is 0 Å². The van der Waals surface area contributed by atoms with Crippen LogP contribution in [-0.2, 0) is 6.54 Å². The van der Waals surface area contributed by atoms with Crippen molar-refractivity contribution in [2.24, 2.45) is 0 Å². The topological polar surface area (TPSA) is 46.1 Å². The number of nitrogens with zero attached hydrogens (tertiary/aromatic N) is 3. The summed E-state index contributed by atoms with van der Waals surface area (Å²) in [5, 5.41) is 0. The van der Waals surface area contributed by atoms with Gasteiger partial charge in [-0.3, -0.25) is 9.78 Å². The van der Waals surface area contributed by atoms with Gasteiger partial charge in [0.2, 0.25) is 0 Å². The van der Waals surface area contributed by atoms with Gasteiger partial charge in [-0.25, -0.2) is 4.98 Å². The summed E-state index contributed by atoms with van der Waals surface area (Å²) in [7, 11) is 0. The van der Waals surface area contributed by atoms with Gasteiger partial charge in [-0.1, -0.05) is 42.8 Å². The molecule has 0 spiro atoms. The van der Waals surface area contributed by atoms with Crippen molar-refractivity contribution < 1.29 is 4.79 Å². The molecule has 1 fully saturated rings. The van der Waals surface area contributed by atoms with Crippen molar-refractivity contribution in [3.8, 4) is 0 Å². The smallest absolute Gasteiger partial charge is 0.254 e. The molecule has 2 heterocycles. The summed E-state index contributed by atoms with van der Waals surface area (Å²) in [6, 6.07) is 22.7. The highest BCUT2D eigenvalue weighted by Crippen LogP contribution is 2.36. The summed E-state index contributed by atoms with van der Waals surface area (Å²) < 4.78 is 1.05. The highest BCUT2D eigenvalue weighted by molar-refractivity contribution is 7.16. The first-order valence-electron chi connectivity index (χ1n) is 10.9. The molecule has 0 saturated heterocycles. The highest BCUT2D eigenvalue weighted by Gasteiger charge is 2.31. The second-order valence-corrected chi connectivity index (χ2v) is 9.10. The maximum atomic E-state index is 13.7. The average molecular weight is 428 g/mol. The molecule has 2 aromatic carbocycles. The normalized spacial score (nSPS) is 18.7. The first-order chi connectivity index (χ1) is 15.3. The van der Waals surface area contributed by atoms with E-state index >= 15 is 0 Å². The predicted molar refractivity (Wildman–Crippen MR) is 125 cm³/mol. The molecular weight excluding hydrogens is 402 g/mol. The highest BCUT2D eigenvalue weighted by atomic mass is 32.1. The lowest BCUT2D eigenvalue weighted by Crippen LogP contribution is -2.42. The van der Waals surface area contributed by atoms with Crippen LogP contribution in [0, 0.1) is 0 Å². The number of fused-ring (bicyclic) bond motifs is 1. The molecule has 4 nitrogen and oxygen atoms in total. The number of pyridine rings is 1. The van der Waals surface area contributed by atoms with Gasteiger partial charge in [0.1, 0.15) is 0 Å². The summed E-state index contributed by atoms with van der Waals surface area (Å²) in [5.41, 5.74) is 5.81. The van der Waals surface area contributed by atoms with E-state index in [1.54, 1.807) is 17.5 Å². The molecule has 1 aliphatic carbocycles. The molecule has 0 radical (unpaired) electrons. The van der Waals surface area contributed by atoms with Crippen molar-refractivity contribution in [1.29, 1.82) is 0 Å². The first kappa shape index (κ1) is 19.9. The van der Waals surface area contributed by atoms with Crippen LogP contribution >= 0.6 is 11.3 Å². The van der Waals surface area contributed by atoms with Crippen molar-refractivity contribution in [2.45, 2.75) is 44.2 Å². The number of hydrogen-bond donors (Lipinski definition) is 0. The Hall–Kier alpha value is -3.05. The monoisotopic (exact) mass is 427 g/mol. The van der Waals surface area contributed by atoms with Crippen LogP contribution in [-0.4, -0.2) is 26.8 Å². The first-order valence-corrected chi connectivity index (χ1v) is 11.7. The Kier molecular flexibility index (Phi) is 5.76. The van der Waals surface area contributed by atoms with E-state index in [1.807, 2.05) is 41.9 Å². The summed E-state index contributed by atoms with van der Waals surface area (Å²) in [6.45, 7) is 0.534. The lowest BCUT2D eigenvalue weighted by Gasteiger charge is -2.38. The van der Waals surface area contributed by atoms with Gasteiger partial charge in [0.05, 0.1) is 28.0 Å². The molecule has 0 aliphatic heterocycles. The van der Waals surface area contributed by atoms with Crippen molar-refractivity contribution in [3.63, 3.8) is 0 Å². The predicted octanol–water partition coefficient (Wildman–Crippen LogP) is 6.06. The molecule has 5 rings (SSSR count). The number of carbonyl (C=O) groups is 1. The van der Waals surface area contributed by atoms with Crippen LogP contribution in [0.3, 0.4) is 0 Å². The third-order valence-corrected chi connectivity index (χ3v) is 7.05. The minimum absolute atomic E-state index is 0.0830. The summed E-state index contributed by atoms with van der Waals surface area (Å²) in [6.07, 6.45) is 6.13. The van der Waals surface area contributed by atoms with Gasteiger partial charge < -0.3 is 4.90 Å². The Labute approximate surface area is 186 Å². The molecule has 1 amide bonds. The fraction of sp³-hybridized carbons (Fsp3) is 0.269. The maximum absolute atomic E-state index is 13.7. The molecule has 1 aliphatic rings. The number of thiazole rings is 1. The van der Waals surface area contributed by atoms with Crippen molar-refractivity contribution in [3.05, 3.63) is 95.3 Å². The van der Waals surface area contributed by atoms with E-state index in [0.717, 1.165) is 40.7 Å². The Morgan fingerprint density at radius 2 is 1.87 bits per heavy atom. The van der Waals surface area contributed by atoms with E-state index in [1.165, 1.54) is 12.0 Å². The molecule has 1 saturated carbocycles. The molecule has 0 bridgehead atoms. The Balaban J connectivity index is 1.45. The van der Waals surface area contributed by atoms with E-state index in [-0.39, 0.29) is 11.9 Å². The second kappa shape index (κ2) is 8.98. The molecule has 2 aromatic heterocycles. The number of rotatable bonds is 5. The van der Waals surface area contributed by atoms with Gasteiger partial charge in [-0.05, 0) is 61.1 Å². The van der Waals surface area contributed by atoms with Gasteiger partial charge in [0.25, 0.3) is 5.91 Å². The molecule has 31 heavy (non-hydrogen) atoms. The Bertz CT molecular complexity index is 1160. The standard InChI is InChI=1S/C26H25N3OS/c30-26(21-12-13-24-25(16-21)31-18-28-24)29(17-22-10-4-5-14-27-22)23-11-6-9-20(15-23)19-7-2-1-3-8-19/h1-5,7-8,10,12-14,16,18,20,23H,6,9,11,15,17H2. The van der Waals surface area contributed by atoms with Crippen LogP contribution in [0.2, 0.25) is 0 Å². The van der Waals surface area contributed by atoms with Gasteiger partial charge in [0.15, 0.2) is 0 Å². The molecule has 2 atom stereocenters.